The first kappa shape index (κ1) is 13.4. The molecule has 0 unspecified atom stereocenters. The van der Waals surface area contributed by atoms with E-state index in [0.717, 1.165) is 11.1 Å². The number of hydrogen-bond acceptors (Lipinski definition) is 1. The number of aromatic carboxylic acids is 1. The molecule has 0 saturated heterocycles. The summed E-state index contributed by atoms with van der Waals surface area (Å²) in [7, 11) is 0. The topological polar surface area (TPSA) is 42.2 Å². The highest BCUT2D eigenvalue weighted by Crippen LogP contribution is 2.33. The molecule has 0 aliphatic heterocycles. The number of carboxylic acid groups (broad SMARTS) is 1. The maximum Gasteiger partial charge on any atom is 0.338 e. The van der Waals surface area contributed by atoms with Crippen LogP contribution in [0.2, 0.25) is 0 Å². The fourth-order valence-corrected chi connectivity index (χ4v) is 2.73. The Hall–Kier alpha value is -2.62. The first-order valence-electron chi connectivity index (χ1n) is 6.70. The summed E-state index contributed by atoms with van der Waals surface area (Å²) in [6.45, 7) is -0.407. The summed E-state index contributed by atoms with van der Waals surface area (Å²) in [6, 6.07) is 16.5. The molecule has 0 fully saturated rings. The number of alkyl halides is 1. The van der Waals surface area contributed by atoms with Gasteiger partial charge in [-0.25, -0.2) is 9.18 Å². The van der Waals surface area contributed by atoms with E-state index in [1.54, 1.807) is 16.7 Å². The highest BCUT2D eigenvalue weighted by atomic mass is 19.1. The normalized spacial score (nSPS) is 10.9. The van der Waals surface area contributed by atoms with Crippen LogP contribution < -0.4 is 0 Å². The predicted molar refractivity (Wildman–Crippen MR) is 80.3 cm³/mol. The van der Waals surface area contributed by atoms with Gasteiger partial charge >= 0.3 is 5.97 Å². The van der Waals surface area contributed by atoms with Gasteiger partial charge in [-0.3, -0.25) is 0 Å². The Kier molecular flexibility index (Phi) is 3.44. The molecule has 1 heterocycles. The minimum Gasteiger partial charge on any atom is -0.478 e. The van der Waals surface area contributed by atoms with E-state index in [1.165, 1.54) is 0 Å². The molecule has 0 bridgehead atoms. The van der Waals surface area contributed by atoms with Crippen LogP contribution in [-0.2, 0) is 6.54 Å². The quantitative estimate of drug-likeness (QED) is 0.787. The van der Waals surface area contributed by atoms with Gasteiger partial charge in [-0.05, 0) is 11.6 Å². The monoisotopic (exact) mass is 283 g/mol. The van der Waals surface area contributed by atoms with Crippen molar-refractivity contribution in [2.75, 3.05) is 6.67 Å². The van der Waals surface area contributed by atoms with Crippen molar-refractivity contribution in [1.29, 1.82) is 0 Å². The number of aromatic nitrogens is 1. The summed E-state index contributed by atoms with van der Waals surface area (Å²) in [5.41, 5.74) is 2.30. The molecule has 1 aromatic heterocycles. The molecule has 106 valence electrons. The number of para-hydroxylation sites is 1. The van der Waals surface area contributed by atoms with E-state index in [0.29, 0.717) is 11.1 Å². The minimum atomic E-state index is -0.998. The fraction of sp³-hybridized carbons (Fsp3) is 0.118. The molecule has 0 radical (unpaired) electrons. The SMILES string of the molecule is O=C(O)c1c(-c2ccccc2)n(CCF)c2ccccc12. The van der Waals surface area contributed by atoms with Crippen LogP contribution in [0.15, 0.2) is 54.6 Å². The number of carboxylic acids is 1. The third-order valence-corrected chi connectivity index (χ3v) is 3.54. The van der Waals surface area contributed by atoms with Gasteiger partial charge in [0.1, 0.15) is 6.67 Å². The van der Waals surface area contributed by atoms with Crippen molar-refractivity contribution in [2.24, 2.45) is 0 Å². The lowest BCUT2D eigenvalue weighted by Gasteiger charge is -2.09. The van der Waals surface area contributed by atoms with E-state index in [-0.39, 0.29) is 12.1 Å². The van der Waals surface area contributed by atoms with Crippen molar-refractivity contribution >= 4 is 16.9 Å². The zero-order valence-corrected chi connectivity index (χ0v) is 11.3. The molecular formula is C17H14FNO2. The van der Waals surface area contributed by atoms with Crippen molar-refractivity contribution in [3.8, 4) is 11.3 Å². The number of aryl methyl sites for hydroxylation is 1. The van der Waals surface area contributed by atoms with E-state index in [1.807, 2.05) is 42.5 Å². The van der Waals surface area contributed by atoms with Crippen LogP contribution in [0.1, 0.15) is 10.4 Å². The molecule has 1 N–H and O–H groups in total. The van der Waals surface area contributed by atoms with Gasteiger partial charge in [-0.2, -0.15) is 0 Å². The largest absolute Gasteiger partial charge is 0.478 e. The molecule has 4 heteroatoms. The average molecular weight is 283 g/mol. The Balaban J connectivity index is 2.42. The number of fused-ring (bicyclic) bond motifs is 1. The first-order valence-corrected chi connectivity index (χ1v) is 6.70. The van der Waals surface area contributed by atoms with Crippen molar-refractivity contribution in [3.63, 3.8) is 0 Å². The van der Waals surface area contributed by atoms with Gasteiger partial charge in [0.15, 0.2) is 0 Å². The van der Waals surface area contributed by atoms with E-state index in [4.69, 9.17) is 0 Å². The van der Waals surface area contributed by atoms with Crippen LogP contribution >= 0.6 is 0 Å². The lowest BCUT2D eigenvalue weighted by Crippen LogP contribution is -2.04. The van der Waals surface area contributed by atoms with Crippen molar-refractivity contribution < 1.29 is 14.3 Å². The Morgan fingerprint density at radius 1 is 1.05 bits per heavy atom. The third kappa shape index (κ3) is 2.18. The summed E-state index contributed by atoms with van der Waals surface area (Å²) in [6.07, 6.45) is 0. The number of benzene rings is 2. The van der Waals surface area contributed by atoms with Gasteiger partial charge in [-0.15, -0.1) is 0 Å². The number of rotatable bonds is 4. The van der Waals surface area contributed by atoms with Crippen LogP contribution in [-0.4, -0.2) is 22.3 Å². The van der Waals surface area contributed by atoms with E-state index in [9.17, 15) is 14.3 Å². The Bertz CT molecular complexity index is 793. The number of carbonyl (C=O) groups is 1. The molecule has 3 nitrogen and oxygen atoms in total. The van der Waals surface area contributed by atoms with Crippen LogP contribution in [0.5, 0.6) is 0 Å². The van der Waals surface area contributed by atoms with Crippen molar-refractivity contribution in [2.45, 2.75) is 6.54 Å². The lowest BCUT2D eigenvalue weighted by molar-refractivity contribution is 0.0699. The number of nitrogens with zero attached hydrogens (tertiary/aromatic N) is 1. The maximum absolute atomic E-state index is 12.9. The Morgan fingerprint density at radius 3 is 2.38 bits per heavy atom. The third-order valence-electron chi connectivity index (χ3n) is 3.54. The molecular weight excluding hydrogens is 269 g/mol. The van der Waals surface area contributed by atoms with Crippen LogP contribution in [0, 0.1) is 0 Å². The van der Waals surface area contributed by atoms with Crippen LogP contribution in [0.4, 0.5) is 4.39 Å². The van der Waals surface area contributed by atoms with Gasteiger partial charge in [-0.1, -0.05) is 48.5 Å². The molecule has 21 heavy (non-hydrogen) atoms. The second kappa shape index (κ2) is 5.40. The molecule has 0 spiro atoms. The first-order chi connectivity index (χ1) is 10.2. The zero-order valence-electron chi connectivity index (χ0n) is 11.3. The summed E-state index contributed by atoms with van der Waals surface area (Å²) < 4.78 is 14.7. The maximum atomic E-state index is 12.9. The standard InChI is InChI=1S/C17H14FNO2/c18-10-11-19-14-9-5-4-8-13(14)15(17(20)21)16(19)12-6-2-1-3-7-12/h1-9H,10-11H2,(H,20,21). The fourth-order valence-electron chi connectivity index (χ4n) is 2.73. The predicted octanol–water partition coefficient (Wildman–Crippen LogP) is 3.98. The molecule has 2 aromatic carbocycles. The molecule has 0 aliphatic carbocycles. The second-order valence-electron chi connectivity index (χ2n) is 4.75. The summed E-state index contributed by atoms with van der Waals surface area (Å²) >= 11 is 0. The Morgan fingerprint density at radius 2 is 1.71 bits per heavy atom. The Labute approximate surface area is 121 Å². The van der Waals surface area contributed by atoms with Gasteiger partial charge < -0.3 is 9.67 Å². The minimum absolute atomic E-state index is 0.137. The van der Waals surface area contributed by atoms with Crippen LogP contribution in [0.3, 0.4) is 0 Å². The average Bonchev–Trinajstić information content (AvgIpc) is 2.83. The van der Waals surface area contributed by atoms with Gasteiger partial charge in [0.25, 0.3) is 0 Å². The molecule has 0 aliphatic rings. The van der Waals surface area contributed by atoms with E-state index in [2.05, 4.69) is 0 Å². The highest BCUT2D eigenvalue weighted by Gasteiger charge is 2.22. The molecule has 0 saturated carbocycles. The molecule has 3 aromatic rings. The van der Waals surface area contributed by atoms with E-state index >= 15 is 0 Å². The van der Waals surface area contributed by atoms with Gasteiger partial charge in [0, 0.05) is 10.9 Å². The zero-order chi connectivity index (χ0) is 14.8. The van der Waals surface area contributed by atoms with Crippen molar-refractivity contribution in [1.82, 2.24) is 4.57 Å². The highest BCUT2D eigenvalue weighted by molar-refractivity contribution is 6.09. The summed E-state index contributed by atoms with van der Waals surface area (Å²) in [4.78, 5) is 11.7. The van der Waals surface area contributed by atoms with Crippen LogP contribution in [0.25, 0.3) is 22.2 Å². The van der Waals surface area contributed by atoms with Gasteiger partial charge in [0.05, 0.1) is 17.8 Å². The molecule has 0 amide bonds. The summed E-state index contributed by atoms with van der Waals surface area (Å²) in [5.74, 6) is -0.998. The smallest absolute Gasteiger partial charge is 0.338 e. The molecule has 0 atom stereocenters. The van der Waals surface area contributed by atoms with Crippen molar-refractivity contribution in [3.05, 3.63) is 60.2 Å². The lowest BCUT2D eigenvalue weighted by atomic mass is 10.1. The summed E-state index contributed by atoms with van der Waals surface area (Å²) in [5, 5.41) is 10.2. The number of halogens is 1. The second-order valence-corrected chi connectivity index (χ2v) is 4.75. The van der Waals surface area contributed by atoms with Gasteiger partial charge in [0.2, 0.25) is 0 Å². The van der Waals surface area contributed by atoms with E-state index < -0.39 is 12.6 Å². The molecule has 3 rings (SSSR count). The number of hydrogen-bond donors (Lipinski definition) is 1.